The topological polar surface area (TPSA) is 44.8 Å². The fraction of sp³-hybridized carbons (Fsp3) is 1.00. The summed E-state index contributed by atoms with van der Waals surface area (Å²) in [5, 5.41) is 0. The van der Waals surface area contributed by atoms with Crippen LogP contribution in [0.1, 0.15) is 46.0 Å². The van der Waals surface area contributed by atoms with Crippen molar-refractivity contribution in [2.75, 3.05) is 7.11 Å². The summed E-state index contributed by atoms with van der Waals surface area (Å²) in [6.07, 6.45) is 5.30. The van der Waals surface area contributed by atoms with E-state index in [1.807, 2.05) is 6.92 Å². The Hall–Kier alpha value is -0.423. The van der Waals surface area contributed by atoms with Crippen LogP contribution in [-0.2, 0) is 18.4 Å². The van der Waals surface area contributed by atoms with E-state index in [9.17, 15) is 4.46 Å². The van der Waals surface area contributed by atoms with E-state index in [0.29, 0.717) is 0 Å². The Morgan fingerprint density at radius 1 is 1.29 bits per heavy atom. The average molecular weight is 220 g/mol. The molecular weight excluding hydrogens is 200 g/mol. The predicted octanol–water partition coefficient (Wildman–Crippen LogP) is 2.36. The Bertz CT molecular complexity index is 152. The molecule has 1 atom stereocenters. The highest BCUT2D eigenvalue weighted by Crippen LogP contribution is 2.09. The van der Waals surface area contributed by atoms with E-state index in [1.165, 1.54) is 20.0 Å². The third-order valence-electron chi connectivity index (χ3n) is 2.00. The minimum absolute atomic E-state index is 0.0306. The Kier molecular flexibility index (Phi) is 8.87. The SMILES string of the molecule is CCCCCC(CC)O[Si](=O)OOC. The molecule has 0 N–H and O–H groups in total. The van der Waals surface area contributed by atoms with Crippen LogP contribution in [0.4, 0.5) is 0 Å². The molecule has 0 heterocycles. The Balaban J connectivity index is 3.61. The van der Waals surface area contributed by atoms with Gasteiger partial charge in [0.1, 0.15) is 0 Å². The van der Waals surface area contributed by atoms with Crippen LogP contribution >= 0.6 is 0 Å². The van der Waals surface area contributed by atoms with E-state index in [-0.39, 0.29) is 6.10 Å². The van der Waals surface area contributed by atoms with E-state index < -0.39 is 9.17 Å². The lowest BCUT2D eigenvalue weighted by molar-refractivity contribution is -0.205. The minimum atomic E-state index is -2.46. The number of hydrogen-bond acceptors (Lipinski definition) is 4. The fourth-order valence-corrected chi connectivity index (χ4v) is 1.92. The second-order valence-electron chi connectivity index (χ2n) is 3.14. The maximum atomic E-state index is 11.1. The van der Waals surface area contributed by atoms with Crippen molar-refractivity contribution in [3.05, 3.63) is 0 Å². The summed E-state index contributed by atoms with van der Waals surface area (Å²) in [6, 6.07) is 0. The molecule has 0 rings (SSSR count). The van der Waals surface area contributed by atoms with Crippen LogP contribution in [0.2, 0.25) is 0 Å². The summed E-state index contributed by atoms with van der Waals surface area (Å²) in [4.78, 5) is 4.28. The van der Waals surface area contributed by atoms with E-state index >= 15 is 0 Å². The number of hydrogen-bond donors (Lipinski definition) is 0. The lowest BCUT2D eigenvalue weighted by atomic mass is 10.1. The molecule has 0 aromatic carbocycles. The highest BCUT2D eigenvalue weighted by atomic mass is 28.3. The summed E-state index contributed by atoms with van der Waals surface area (Å²) < 4.78 is 20.7. The molecular formula is C9H20O4Si. The standard InChI is InChI=1S/C9H20O4Si/c1-4-6-7-8-9(5-2)12-14(10)13-11-3/h9H,4-8H2,1-3H3. The molecule has 0 aliphatic rings. The predicted molar refractivity (Wildman–Crippen MR) is 53.8 cm³/mol. The molecule has 0 aromatic heterocycles. The Morgan fingerprint density at radius 3 is 2.50 bits per heavy atom. The van der Waals surface area contributed by atoms with Crippen molar-refractivity contribution >= 4 is 9.17 Å². The Labute approximate surface area is 87.4 Å². The van der Waals surface area contributed by atoms with Gasteiger partial charge < -0.3 is 9.00 Å². The summed E-state index contributed by atoms with van der Waals surface area (Å²) in [5.74, 6) is 0. The molecule has 0 aliphatic carbocycles. The summed E-state index contributed by atoms with van der Waals surface area (Å²) in [6.45, 7) is 4.16. The van der Waals surface area contributed by atoms with Crippen LogP contribution < -0.4 is 0 Å². The van der Waals surface area contributed by atoms with Gasteiger partial charge in [-0.2, -0.15) is 0 Å². The second-order valence-corrected chi connectivity index (χ2v) is 4.05. The zero-order valence-corrected chi connectivity index (χ0v) is 10.2. The van der Waals surface area contributed by atoms with Gasteiger partial charge >= 0.3 is 9.17 Å². The van der Waals surface area contributed by atoms with Crippen molar-refractivity contribution in [2.24, 2.45) is 0 Å². The van der Waals surface area contributed by atoms with Gasteiger partial charge in [-0.3, -0.25) is 4.46 Å². The maximum Gasteiger partial charge on any atom is 0.801 e. The monoisotopic (exact) mass is 220 g/mol. The van der Waals surface area contributed by atoms with Crippen LogP contribution in [0.5, 0.6) is 0 Å². The van der Waals surface area contributed by atoms with Gasteiger partial charge in [0.25, 0.3) is 0 Å². The number of unbranched alkanes of at least 4 members (excludes halogenated alkanes) is 2. The average Bonchev–Trinajstić information content (AvgIpc) is 2.17. The van der Waals surface area contributed by atoms with Crippen molar-refractivity contribution in [3.63, 3.8) is 0 Å². The lowest BCUT2D eigenvalue weighted by Gasteiger charge is -2.14. The molecule has 0 saturated carbocycles. The summed E-state index contributed by atoms with van der Waals surface area (Å²) >= 11 is 0. The smallest absolute Gasteiger partial charge is 0.492 e. The van der Waals surface area contributed by atoms with Gasteiger partial charge in [0.15, 0.2) is 0 Å². The van der Waals surface area contributed by atoms with Crippen molar-refractivity contribution in [3.8, 4) is 0 Å². The first-order valence-corrected chi connectivity index (χ1v) is 6.38. The quantitative estimate of drug-likeness (QED) is 0.259. The first kappa shape index (κ1) is 13.6. The van der Waals surface area contributed by atoms with Crippen LogP contribution in [0.3, 0.4) is 0 Å². The number of rotatable bonds is 9. The zero-order chi connectivity index (χ0) is 10.8. The van der Waals surface area contributed by atoms with Crippen LogP contribution in [-0.4, -0.2) is 22.4 Å². The summed E-state index contributed by atoms with van der Waals surface area (Å²) in [7, 11) is -1.14. The Morgan fingerprint density at radius 2 is 2.00 bits per heavy atom. The van der Waals surface area contributed by atoms with Gasteiger partial charge in [0.05, 0.1) is 13.2 Å². The zero-order valence-electron chi connectivity index (χ0n) is 9.25. The van der Waals surface area contributed by atoms with Gasteiger partial charge in [0.2, 0.25) is 0 Å². The molecule has 84 valence electrons. The largest absolute Gasteiger partial charge is 0.801 e. The lowest BCUT2D eigenvalue weighted by Crippen LogP contribution is -2.21. The van der Waals surface area contributed by atoms with Gasteiger partial charge in [-0.05, 0) is 19.3 Å². The molecule has 0 fully saturated rings. The van der Waals surface area contributed by atoms with Gasteiger partial charge in [0, 0.05) is 0 Å². The molecule has 0 aliphatic heterocycles. The normalized spacial score (nSPS) is 12.2. The molecule has 0 saturated heterocycles. The molecule has 0 spiro atoms. The van der Waals surface area contributed by atoms with E-state index in [4.69, 9.17) is 4.43 Å². The highest BCUT2D eigenvalue weighted by Gasteiger charge is 2.18. The highest BCUT2D eigenvalue weighted by molar-refractivity contribution is 6.25. The maximum absolute atomic E-state index is 11.1. The fourth-order valence-electron chi connectivity index (χ4n) is 1.19. The van der Waals surface area contributed by atoms with E-state index in [1.54, 1.807) is 0 Å². The van der Waals surface area contributed by atoms with Crippen LogP contribution in [0, 0.1) is 0 Å². The molecule has 1 unspecified atom stereocenters. The second kappa shape index (κ2) is 9.14. The van der Waals surface area contributed by atoms with Crippen LogP contribution in [0.25, 0.3) is 0 Å². The van der Waals surface area contributed by atoms with Gasteiger partial charge in [-0.1, -0.05) is 26.7 Å². The molecule has 4 nitrogen and oxygen atoms in total. The minimum Gasteiger partial charge on any atom is -0.492 e. The third kappa shape index (κ3) is 7.03. The molecule has 5 heteroatoms. The third-order valence-corrected chi connectivity index (χ3v) is 2.83. The van der Waals surface area contributed by atoms with E-state index in [0.717, 1.165) is 19.3 Å². The van der Waals surface area contributed by atoms with Crippen molar-refractivity contribution < 1.29 is 18.4 Å². The first-order valence-electron chi connectivity index (χ1n) is 5.15. The van der Waals surface area contributed by atoms with Crippen molar-refractivity contribution in [2.45, 2.75) is 52.1 Å². The molecule has 14 heavy (non-hydrogen) atoms. The van der Waals surface area contributed by atoms with Gasteiger partial charge in [-0.25, -0.2) is 4.89 Å². The van der Waals surface area contributed by atoms with Crippen LogP contribution in [0.15, 0.2) is 0 Å². The molecule has 0 radical (unpaired) electrons. The summed E-state index contributed by atoms with van der Waals surface area (Å²) in [5.41, 5.74) is 0. The molecule has 0 amide bonds. The van der Waals surface area contributed by atoms with Gasteiger partial charge in [-0.15, -0.1) is 0 Å². The van der Waals surface area contributed by atoms with Crippen molar-refractivity contribution in [1.82, 2.24) is 0 Å². The van der Waals surface area contributed by atoms with E-state index in [2.05, 4.69) is 16.4 Å². The first-order chi connectivity index (χ1) is 6.74. The van der Waals surface area contributed by atoms with Crippen molar-refractivity contribution in [1.29, 1.82) is 0 Å². The molecule has 0 bridgehead atoms. The molecule has 0 aromatic rings.